The number of carboxylic acids is 1. The molecule has 0 heterocycles. The molecule has 0 aromatic heterocycles. The lowest BCUT2D eigenvalue weighted by atomic mass is 9.95. The minimum absolute atomic E-state index is 0.0181. The highest BCUT2D eigenvalue weighted by molar-refractivity contribution is 5.78. The van der Waals surface area contributed by atoms with E-state index in [1.165, 1.54) is 6.07 Å². The fourth-order valence-electron chi connectivity index (χ4n) is 1.84. The number of hydrogen-bond donors (Lipinski definition) is 2. The van der Waals surface area contributed by atoms with Crippen LogP contribution in [0.15, 0.2) is 48.5 Å². The van der Waals surface area contributed by atoms with Crippen molar-refractivity contribution in [3.8, 4) is 16.9 Å². The molecular formula is C15H14O3. The number of rotatable bonds is 3. The number of carbonyl (C=O) groups is 1. The molecule has 3 heteroatoms. The minimum Gasteiger partial charge on any atom is -0.508 e. The highest BCUT2D eigenvalue weighted by atomic mass is 16.4. The zero-order chi connectivity index (χ0) is 13.1. The Labute approximate surface area is 105 Å². The Kier molecular flexibility index (Phi) is 3.33. The van der Waals surface area contributed by atoms with Gasteiger partial charge in [-0.3, -0.25) is 4.79 Å². The molecule has 1 atom stereocenters. The number of carboxylic acid groups (broad SMARTS) is 1. The normalized spacial score (nSPS) is 12.1. The molecule has 0 radical (unpaired) electrons. The first-order valence-electron chi connectivity index (χ1n) is 5.70. The number of benzene rings is 2. The Morgan fingerprint density at radius 1 is 1.06 bits per heavy atom. The van der Waals surface area contributed by atoms with E-state index < -0.39 is 11.9 Å². The average molecular weight is 242 g/mol. The second kappa shape index (κ2) is 4.92. The van der Waals surface area contributed by atoms with Crippen LogP contribution in [0.25, 0.3) is 11.1 Å². The van der Waals surface area contributed by atoms with Crippen LogP contribution in [0.4, 0.5) is 0 Å². The first kappa shape index (κ1) is 12.2. The van der Waals surface area contributed by atoms with Crippen LogP contribution in [0, 0.1) is 0 Å². The largest absolute Gasteiger partial charge is 0.508 e. The maximum absolute atomic E-state index is 11.0. The topological polar surface area (TPSA) is 57.5 Å². The van der Waals surface area contributed by atoms with E-state index >= 15 is 0 Å². The molecule has 2 rings (SSSR count). The monoisotopic (exact) mass is 242 g/mol. The van der Waals surface area contributed by atoms with Crippen molar-refractivity contribution in [2.24, 2.45) is 0 Å². The standard InChI is InChI=1S/C15H14O3/c1-10(15(17)18)13-9-12(7-8-14(13)16)11-5-3-2-4-6-11/h2-10,16H,1H3,(H,17,18). The highest BCUT2D eigenvalue weighted by Gasteiger charge is 2.18. The van der Waals surface area contributed by atoms with E-state index in [1.54, 1.807) is 19.1 Å². The van der Waals surface area contributed by atoms with Crippen molar-refractivity contribution >= 4 is 5.97 Å². The van der Waals surface area contributed by atoms with Crippen molar-refractivity contribution in [2.75, 3.05) is 0 Å². The molecule has 92 valence electrons. The quantitative estimate of drug-likeness (QED) is 0.868. The van der Waals surface area contributed by atoms with Gasteiger partial charge in [-0.05, 0) is 30.2 Å². The minimum atomic E-state index is -0.949. The first-order valence-corrected chi connectivity index (χ1v) is 5.70. The molecule has 0 bridgehead atoms. The van der Waals surface area contributed by atoms with E-state index in [2.05, 4.69) is 0 Å². The third-order valence-corrected chi connectivity index (χ3v) is 2.97. The Balaban J connectivity index is 2.47. The molecule has 0 aliphatic rings. The molecule has 3 nitrogen and oxygen atoms in total. The third kappa shape index (κ3) is 2.35. The van der Waals surface area contributed by atoms with Crippen LogP contribution in [-0.2, 0) is 4.79 Å². The third-order valence-electron chi connectivity index (χ3n) is 2.97. The molecule has 0 aliphatic carbocycles. The van der Waals surface area contributed by atoms with E-state index in [9.17, 15) is 9.90 Å². The lowest BCUT2D eigenvalue weighted by Gasteiger charge is -2.11. The van der Waals surface area contributed by atoms with Crippen LogP contribution in [0.2, 0.25) is 0 Å². The van der Waals surface area contributed by atoms with Crippen LogP contribution in [0.3, 0.4) is 0 Å². The van der Waals surface area contributed by atoms with E-state index in [1.807, 2.05) is 30.3 Å². The summed E-state index contributed by atoms with van der Waals surface area (Å²) in [6.07, 6.45) is 0. The predicted molar refractivity (Wildman–Crippen MR) is 69.6 cm³/mol. The lowest BCUT2D eigenvalue weighted by molar-refractivity contribution is -0.138. The Morgan fingerprint density at radius 2 is 1.72 bits per heavy atom. The predicted octanol–water partition coefficient (Wildman–Crippen LogP) is 3.25. The summed E-state index contributed by atoms with van der Waals surface area (Å²) in [5, 5.41) is 18.7. The van der Waals surface area contributed by atoms with E-state index in [-0.39, 0.29) is 5.75 Å². The van der Waals surface area contributed by atoms with Crippen LogP contribution >= 0.6 is 0 Å². The Bertz CT molecular complexity index is 561. The van der Waals surface area contributed by atoms with Crippen molar-refractivity contribution in [2.45, 2.75) is 12.8 Å². The number of phenolic OH excluding ortho intramolecular Hbond substituents is 1. The summed E-state index contributed by atoms with van der Waals surface area (Å²) >= 11 is 0. The van der Waals surface area contributed by atoms with E-state index in [0.29, 0.717) is 5.56 Å². The summed E-state index contributed by atoms with van der Waals surface area (Å²) in [5.41, 5.74) is 2.33. The zero-order valence-electron chi connectivity index (χ0n) is 10.00. The van der Waals surface area contributed by atoms with Gasteiger partial charge in [-0.25, -0.2) is 0 Å². The van der Waals surface area contributed by atoms with Gasteiger partial charge in [0, 0.05) is 5.56 Å². The van der Waals surface area contributed by atoms with Gasteiger partial charge < -0.3 is 10.2 Å². The van der Waals surface area contributed by atoms with Crippen molar-refractivity contribution in [1.29, 1.82) is 0 Å². The molecule has 0 saturated carbocycles. The average Bonchev–Trinajstić information content (AvgIpc) is 2.39. The maximum atomic E-state index is 11.0. The number of aromatic hydroxyl groups is 1. The molecule has 0 saturated heterocycles. The molecule has 2 N–H and O–H groups in total. The van der Waals surface area contributed by atoms with Gasteiger partial charge in [0.05, 0.1) is 5.92 Å². The van der Waals surface area contributed by atoms with Gasteiger partial charge in [-0.2, -0.15) is 0 Å². The van der Waals surface area contributed by atoms with Gasteiger partial charge >= 0.3 is 5.97 Å². The first-order chi connectivity index (χ1) is 8.59. The maximum Gasteiger partial charge on any atom is 0.310 e. The Morgan fingerprint density at radius 3 is 2.33 bits per heavy atom. The smallest absolute Gasteiger partial charge is 0.310 e. The molecule has 0 amide bonds. The van der Waals surface area contributed by atoms with Crippen LogP contribution in [-0.4, -0.2) is 16.2 Å². The fourth-order valence-corrected chi connectivity index (χ4v) is 1.84. The fraction of sp³-hybridized carbons (Fsp3) is 0.133. The SMILES string of the molecule is CC(C(=O)O)c1cc(-c2ccccc2)ccc1O. The molecular weight excluding hydrogens is 228 g/mol. The molecule has 0 fully saturated rings. The van der Waals surface area contributed by atoms with Crippen molar-refractivity contribution < 1.29 is 15.0 Å². The molecule has 1 unspecified atom stereocenters. The zero-order valence-corrected chi connectivity index (χ0v) is 10.00. The number of hydrogen-bond acceptors (Lipinski definition) is 2. The molecule has 0 spiro atoms. The number of phenols is 1. The molecule has 2 aromatic carbocycles. The van der Waals surface area contributed by atoms with Gasteiger partial charge in [-0.1, -0.05) is 36.4 Å². The van der Waals surface area contributed by atoms with Gasteiger partial charge in [0.25, 0.3) is 0 Å². The summed E-state index contributed by atoms with van der Waals surface area (Å²) in [4.78, 5) is 11.0. The Hall–Kier alpha value is -2.29. The second-order valence-electron chi connectivity index (χ2n) is 4.20. The van der Waals surface area contributed by atoms with Crippen LogP contribution in [0.1, 0.15) is 18.4 Å². The van der Waals surface area contributed by atoms with Crippen LogP contribution < -0.4 is 0 Å². The summed E-state index contributed by atoms with van der Waals surface area (Å²) in [6, 6.07) is 14.7. The second-order valence-corrected chi connectivity index (χ2v) is 4.20. The van der Waals surface area contributed by atoms with Crippen molar-refractivity contribution in [3.63, 3.8) is 0 Å². The number of aliphatic carboxylic acids is 1. The van der Waals surface area contributed by atoms with Gasteiger partial charge in [0.15, 0.2) is 0 Å². The van der Waals surface area contributed by atoms with Crippen LogP contribution in [0.5, 0.6) is 5.75 Å². The molecule has 2 aromatic rings. The van der Waals surface area contributed by atoms with Crippen molar-refractivity contribution in [1.82, 2.24) is 0 Å². The molecule has 0 aliphatic heterocycles. The van der Waals surface area contributed by atoms with Crippen molar-refractivity contribution in [3.05, 3.63) is 54.1 Å². The summed E-state index contributed by atoms with van der Waals surface area (Å²) in [5.74, 6) is -1.66. The molecule has 18 heavy (non-hydrogen) atoms. The summed E-state index contributed by atoms with van der Waals surface area (Å²) in [6.45, 7) is 1.56. The summed E-state index contributed by atoms with van der Waals surface area (Å²) in [7, 11) is 0. The van der Waals surface area contributed by atoms with Gasteiger partial charge in [-0.15, -0.1) is 0 Å². The van der Waals surface area contributed by atoms with E-state index in [0.717, 1.165) is 11.1 Å². The van der Waals surface area contributed by atoms with Gasteiger partial charge in [0.2, 0.25) is 0 Å². The summed E-state index contributed by atoms with van der Waals surface area (Å²) < 4.78 is 0. The highest BCUT2D eigenvalue weighted by Crippen LogP contribution is 2.30. The van der Waals surface area contributed by atoms with Gasteiger partial charge in [0.1, 0.15) is 5.75 Å². The van der Waals surface area contributed by atoms with E-state index in [4.69, 9.17) is 5.11 Å². The lowest BCUT2D eigenvalue weighted by Crippen LogP contribution is -2.07.